The second-order valence-corrected chi connectivity index (χ2v) is 3.64. The van der Waals surface area contributed by atoms with Crippen LogP contribution in [-0.4, -0.2) is 22.4 Å². The van der Waals surface area contributed by atoms with E-state index in [1.54, 1.807) is 13.8 Å². The van der Waals surface area contributed by atoms with E-state index < -0.39 is 5.60 Å². The van der Waals surface area contributed by atoms with Crippen LogP contribution in [0.1, 0.15) is 33.6 Å². The molecule has 0 heterocycles. The number of hydrogen-bond acceptors (Lipinski definition) is 2. The topological polar surface area (TPSA) is 40.5 Å². The molecule has 2 heteroatoms. The van der Waals surface area contributed by atoms with Gasteiger partial charge in [0.2, 0.25) is 0 Å². The lowest BCUT2D eigenvalue weighted by Gasteiger charge is -2.18. The van der Waals surface area contributed by atoms with Crippen molar-refractivity contribution in [2.24, 2.45) is 5.92 Å². The molecule has 0 saturated carbocycles. The fourth-order valence-corrected chi connectivity index (χ4v) is 0.691. The predicted octanol–water partition coefficient (Wildman–Crippen LogP) is 1.17. The summed E-state index contributed by atoms with van der Waals surface area (Å²) in [6.45, 7) is 5.77. The molecule has 2 nitrogen and oxygen atoms in total. The van der Waals surface area contributed by atoms with E-state index in [1.807, 2.05) is 6.92 Å². The van der Waals surface area contributed by atoms with Gasteiger partial charge in [-0.25, -0.2) is 0 Å². The summed E-state index contributed by atoms with van der Waals surface area (Å²) in [5.41, 5.74) is -0.580. The molecule has 0 aliphatic carbocycles. The minimum atomic E-state index is -0.580. The van der Waals surface area contributed by atoms with Gasteiger partial charge in [-0.1, -0.05) is 6.92 Å². The van der Waals surface area contributed by atoms with Gasteiger partial charge >= 0.3 is 0 Å². The van der Waals surface area contributed by atoms with Gasteiger partial charge in [0, 0.05) is 6.61 Å². The van der Waals surface area contributed by atoms with Crippen LogP contribution in [0.5, 0.6) is 0 Å². The van der Waals surface area contributed by atoms with Gasteiger partial charge in [-0.3, -0.25) is 0 Å². The molecule has 0 bridgehead atoms. The highest BCUT2D eigenvalue weighted by Crippen LogP contribution is 2.14. The molecule has 0 aromatic heterocycles. The summed E-state index contributed by atoms with van der Waals surface area (Å²) >= 11 is 0. The van der Waals surface area contributed by atoms with Gasteiger partial charge in [0.1, 0.15) is 0 Å². The third-order valence-electron chi connectivity index (χ3n) is 1.56. The highest BCUT2D eigenvalue weighted by Gasteiger charge is 2.13. The second-order valence-electron chi connectivity index (χ2n) is 3.64. The number of hydrogen-bond donors (Lipinski definition) is 2. The molecule has 0 aliphatic rings. The van der Waals surface area contributed by atoms with Crippen LogP contribution in [0.4, 0.5) is 0 Å². The molecule has 1 atom stereocenters. The van der Waals surface area contributed by atoms with E-state index in [1.165, 1.54) is 0 Å². The van der Waals surface area contributed by atoms with E-state index in [2.05, 4.69) is 0 Å². The molecular weight excluding hydrogens is 128 g/mol. The zero-order valence-corrected chi connectivity index (χ0v) is 7.09. The quantitative estimate of drug-likeness (QED) is 0.625. The van der Waals surface area contributed by atoms with E-state index in [9.17, 15) is 5.11 Å². The predicted molar refractivity (Wildman–Crippen MR) is 41.8 cm³/mol. The third-order valence-corrected chi connectivity index (χ3v) is 1.56. The lowest BCUT2D eigenvalue weighted by Crippen LogP contribution is -2.19. The van der Waals surface area contributed by atoms with Gasteiger partial charge in [-0.2, -0.15) is 0 Å². The summed E-state index contributed by atoms with van der Waals surface area (Å²) in [6.07, 6.45) is 1.65. The minimum absolute atomic E-state index is 0.218. The molecule has 62 valence electrons. The van der Waals surface area contributed by atoms with Gasteiger partial charge in [0.25, 0.3) is 0 Å². The van der Waals surface area contributed by atoms with Crippen LogP contribution in [-0.2, 0) is 0 Å². The Kier molecular flexibility index (Phi) is 3.91. The molecule has 0 amide bonds. The molecule has 0 aliphatic heterocycles. The van der Waals surface area contributed by atoms with Crippen molar-refractivity contribution >= 4 is 0 Å². The summed E-state index contributed by atoms with van der Waals surface area (Å²) < 4.78 is 0. The molecule has 0 radical (unpaired) electrons. The molecule has 0 saturated heterocycles. The lowest BCUT2D eigenvalue weighted by molar-refractivity contribution is 0.0606. The third kappa shape index (κ3) is 6.05. The Bertz CT molecular complexity index is 83.7. The van der Waals surface area contributed by atoms with Crippen LogP contribution in [0.2, 0.25) is 0 Å². The Morgan fingerprint density at radius 3 is 2.20 bits per heavy atom. The summed E-state index contributed by atoms with van der Waals surface area (Å²) in [7, 11) is 0. The largest absolute Gasteiger partial charge is 0.396 e. The van der Waals surface area contributed by atoms with Crippen molar-refractivity contribution < 1.29 is 10.2 Å². The van der Waals surface area contributed by atoms with Crippen molar-refractivity contribution in [1.29, 1.82) is 0 Å². The second kappa shape index (κ2) is 3.94. The summed E-state index contributed by atoms with van der Waals surface area (Å²) in [5.74, 6) is 0.312. The van der Waals surface area contributed by atoms with Crippen molar-refractivity contribution in [3.8, 4) is 0 Å². The van der Waals surface area contributed by atoms with Gasteiger partial charge < -0.3 is 10.2 Å². The first kappa shape index (κ1) is 9.92. The summed E-state index contributed by atoms with van der Waals surface area (Å²) in [6, 6.07) is 0. The van der Waals surface area contributed by atoms with Crippen molar-refractivity contribution in [3.63, 3.8) is 0 Å². The average Bonchev–Trinajstić information content (AvgIpc) is 1.81. The molecule has 0 unspecified atom stereocenters. The van der Waals surface area contributed by atoms with E-state index >= 15 is 0 Å². The van der Waals surface area contributed by atoms with Crippen molar-refractivity contribution in [1.82, 2.24) is 0 Å². The van der Waals surface area contributed by atoms with E-state index in [0.29, 0.717) is 5.92 Å². The smallest absolute Gasteiger partial charge is 0.0591 e. The van der Waals surface area contributed by atoms with Crippen LogP contribution >= 0.6 is 0 Å². The van der Waals surface area contributed by atoms with Crippen molar-refractivity contribution in [2.75, 3.05) is 6.61 Å². The Labute approximate surface area is 62.9 Å². The highest BCUT2D eigenvalue weighted by atomic mass is 16.3. The Morgan fingerprint density at radius 2 is 1.90 bits per heavy atom. The number of aliphatic hydroxyl groups excluding tert-OH is 1. The van der Waals surface area contributed by atoms with Gasteiger partial charge in [0.15, 0.2) is 0 Å². The normalized spacial score (nSPS) is 15.3. The fraction of sp³-hybridized carbons (Fsp3) is 1.00. The van der Waals surface area contributed by atoms with Gasteiger partial charge in [-0.15, -0.1) is 0 Å². The Morgan fingerprint density at radius 1 is 1.40 bits per heavy atom. The van der Waals surface area contributed by atoms with E-state index in [-0.39, 0.29) is 6.61 Å². The maximum atomic E-state index is 9.28. The molecule has 0 fully saturated rings. The van der Waals surface area contributed by atoms with Gasteiger partial charge in [-0.05, 0) is 32.6 Å². The zero-order chi connectivity index (χ0) is 8.20. The first-order valence-corrected chi connectivity index (χ1v) is 3.79. The standard InChI is InChI=1S/C8H18O2/c1-7(6-9)4-5-8(2,3)10/h7,9-10H,4-6H2,1-3H3/t7-/m1/s1. The molecular formula is C8H18O2. The minimum Gasteiger partial charge on any atom is -0.396 e. The molecule has 0 aromatic carbocycles. The fourth-order valence-electron chi connectivity index (χ4n) is 0.691. The molecule has 0 spiro atoms. The van der Waals surface area contributed by atoms with E-state index in [4.69, 9.17) is 5.11 Å². The SMILES string of the molecule is C[C@@H](CO)CCC(C)(C)O. The van der Waals surface area contributed by atoms with Crippen LogP contribution in [0, 0.1) is 5.92 Å². The first-order valence-electron chi connectivity index (χ1n) is 3.79. The van der Waals surface area contributed by atoms with Crippen molar-refractivity contribution in [3.05, 3.63) is 0 Å². The molecule has 10 heavy (non-hydrogen) atoms. The summed E-state index contributed by atoms with van der Waals surface area (Å²) in [5, 5.41) is 17.9. The van der Waals surface area contributed by atoms with Crippen molar-refractivity contribution in [2.45, 2.75) is 39.2 Å². The summed E-state index contributed by atoms with van der Waals surface area (Å²) in [4.78, 5) is 0. The Balaban J connectivity index is 3.36. The van der Waals surface area contributed by atoms with Crippen LogP contribution in [0.3, 0.4) is 0 Å². The molecule has 0 rings (SSSR count). The number of rotatable bonds is 4. The maximum absolute atomic E-state index is 9.28. The molecule has 2 N–H and O–H groups in total. The maximum Gasteiger partial charge on any atom is 0.0591 e. The Hall–Kier alpha value is -0.0800. The highest BCUT2D eigenvalue weighted by molar-refractivity contribution is 4.66. The van der Waals surface area contributed by atoms with Crippen LogP contribution in [0.25, 0.3) is 0 Å². The van der Waals surface area contributed by atoms with Gasteiger partial charge in [0.05, 0.1) is 5.60 Å². The zero-order valence-electron chi connectivity index (χ0n) is 7.09. The van der Waals surface area contributed by atoms with Crippen LogP contribution < -0.4 is 0 Å². The lowest BCUT2D eigenvalue weighted by atomic mass is 9.97. The number of aliphatic hydroxyl groups is 2. The molecule has 0 aromatic rings. The van der Waals surface area contributed by atoms with E-state index in [0.717, 1.165) is 12.8 Å². The first-order chi connectivity index (χ1) is 4.45. The van der Waals surface area contributed by atoms with Crippen LogP contribution in [0.15, 0.2) is 0 Å². The monoisotopic (exact) mass is 146 g/mol. The average molecular weight is 146 g/mol.